The van der Waals surface area contributed by atoms with Crippen molar-refractivity contribution in [2.45, 2.75) is 45.6 Å². The molecule has 1 unspecified atom stereocenters. The Morgan fingerprint density at radius 3 is 2.90 bits per heavy atom. The Morgan fingerprint density at radius 1 is 1.38 bits per heavy atom. The molecule has 1 heterocycles. The molecule has 3 nitrogen and oxygen atoms in total. The molecule has 1 aliphatic rings. The predicted molar refractivity (Wildman–Crippen MR) is 84.9 cm³/mol. The zero-order chi connectivity index (χ0) is 15.2. The summed E-state index contributed by atoms with van der Waals surface area (Å²) in [4.78, 5) is 2.41. The molecule has 2 rings (SSSR count). The molecule has 0 aliphatic carbocycles. The van der Waals surface area contributed by atoms with Crippen LogP contribution in [0.15, 0.2) is 18.2 Å². The Balaban J connectivity index is 2.03. The van der Waals surface area contributed by atoms with E-state index < -0.39 is 0 Å². The Hall–Kier alpha value is -1.42. The summed E-state index contributed by atoms with van der Waals surface area (Å²) in [5.41, 5.74) is 7.07. The highest BCUT2D eigenvalue weighted by atomic mass is 19.1. The number of nitrogen functional groups attached to an aromatic ring is 1. The van der Waals surface area contributed by atoms with Crippen LogP contribution in [-0.4, -0.2) is 23.8 Å². The van der Waals surface area contributed by atoms with Gasteiger partial charge >= 0.3 is 0 Å². The first kappa shape index (κ1) is 16.0. The number of halogens is 1. The average Bonchev–Trinajstić information content (AvgIpc) is 2.67. The Morgan fingerprint density at radius 2 is 2.19 bits per heavy atom. The molecule has 0 aromatic heterocycles. The minimum atomic E-state index is -0.331. The SMILES string of the molecule is CCCC1CCCN(Cc2ccc(F)cc2C(=N)N)CC1. The number of amidine groups is 1. The molecule has 1 atom stereocenters. The maximum absolute atomic E-state index is 13.3. The van der Waals surface area contributed by atoms with E-state index in [0.29, 0.717) is 5.56 Å². The Kier molecular flexibility index (Phi) is 5.74. The van der Waals surface area contributed by atoms with Crippen molar-refractivity contribution in [3.63, 3.8) is 0 Å². The van der Waals surface area contributed by atoms with Gasteiger partial charge in [-0.1, -0.05) is 25.8 Å². The average molecular weight is 291 g/mol. The van der Waals surface area contributed by atoms with E-state index in [9.17, 15) is 4.39 Å². The van der Waals surface area contributed by atoms with Crippen LogP contribution < -0.4 is 5.73 Å². The third kappa shape index (κ3) is 4.53. The number of nitrogens with zero attached hydrogens (tertiary/aromatic N) is 1. The highest BCUT2D eigenvalue weighted by Crippen LogP contribution is 2.23. The van der Waals surface area contributed by atoms with E-state index in [1.807, 2.05) is 0 Å². The van der Waals surface area contributed by atoms with Gasteiger partial charge in [-0.3, -0.25) is 10.3 Å². The smallest absolute Gasteiger partial charge is 0.123 e. The molecule has 0 spiro atoms. The molecule has 1 aromatic rings. The summed E-state index contributed by atoms with van der Waals surface area (Å²) in [5, 5.41) is 7.61. The van der Waals surface area contributed by atoms with E-state index in [0.717, 1.165) is 31.1 Å². The van der Waals surface area contributed by atoms with Gasteiger partial charge in [0.1, 0.15) is 11.7 Å². The minimum Gasteiger partial charge on any atom is -0.384 e. The fourth-order valence-electron chi connectivity index (χ4n) is 3.26. The first-order valence-electron chi connectivity index (χ1n) is 7.95. The number of rotatable bonds is 5. The molecule has 1 fully saturated rings. The molecule has 1 saturated heterocycles. The van der Waals surface area contributed by atoms with E-state index in [1.165, 1.54) is 44.2 Å². The van der Waals surface area contributed by atoms with Crippen molar-refractivity contribution in [2.24, 2.45) is 11.7 Å². The van der Waals surface area contributed by atoms with E-state index in [-0.39, 0.29) is 11.7 Å². The van der Waals surface area contributed by atoms with E-state index in [4.69, 9.17) is 11.1 Å². The zero-order valence-corrected chi connectivity index (χ0v) is 12.9. The first-order valence-corrected chi connectivity index (χ1v) is 7.95. The minimum absolute atomic E-state index is 0.0526. The second-order valence-corrected chi connectivity index (χ2v) is 6.08. The number of likely N-dealkylation sites (tertiary alicyclic amines) is 1. The summed E-state index contributed by atoms with van der Waals surface area (Å²) in [7, 11) is 0. The Bertz CT molecular complexity index is 487. The molecule has 1 aliphatic heterocycles. The van der Waals surface area contributed by atoms with Crippen molar-refractivity contribution in [1.82, 2.24) is 4.90 Å². The summed E-state index contributed by atoms with van der Waals surface area (Å²) < 4.78 is 13.3. The van der Waals surface area contributed by atoms with E-state index in [1.54, 1.807) is 6.07 Å². The van der Waals surface area contributed by atoms with Crippen LogP contribution in [0.3, 0.4) is 0 Å². The fourth-order valence-corrected chi connectivity index (χ4v) is 3.26. The van der Waals surface area contributed by atoms with Gasteiger partial charge in [-0.2, -0.15) is 0 Å². The highest BCUT2D eigenvalue weighted by Gasteiger charge is 2.18. The summed E-state index contributed by atoms with van der Waals surface area (Å²) in [6, 6.07) is 4.59. The monoisotopic (exact) mass is 291 g/mol. The van der Waals surface area contributed by atoms with E-state index in [2.05, 4.69) is 11.8 Å². The van der Waals surface area contributed by atoms with Crippen molar-refractivity contribution >= 4 is 5.84 Å². The number of nitrogens with two attached hydrogens (primary N) is 1. The van der Waals surface area contributed by atoms with Gasteiger partial charge < -0.3 is 5.73 Å². The maximum atomic E-state index is 13.3. The predicted octanol–water partition coefficient (Wildman–Crippen LogP) is 3.51. The molecule has 3 N–H and O–H groups in total. The van der Waals surface area contributed by atoms with Crippen LogP contribution >= 0.6 is 0 Å². The lowest BCUT2D eigenvalue weighted by Gasteiger charge is -2.21. The molecule has 0 saturated carbocycles. The number of hydrogen-bond acceptors (Lipinski definition) is 2. The number of nitrogens with one attached hydrogen (secondary N) is 1. The largest absolute Gasteiger partial charge is 0.384 e. The summed E-state index contributed by atoms with van der Waals surface area (Å²) in [6.07, 6.45) is 6.36. The second kappa shape index (κ2) is 7.55. The number of hydrogen-bond donors (Lipinski definition) is 2. The Labute approximate surface area is 126 Å². The molecule has 4 heteroatoms. The van der Waals surface area contributed by atoms with Crippen LogP contribution in [-0.2, 0) is 6.54 Å². The van der Waals surface area contributed by atoms with Gasteiger partial charge in [0, 0.05) is 12.1 Å². The molecule has 0 radical (unpaired) electrons. The molecule has 21 heavy (non-hydrogen) atoms. The highest BCUT2D eigenvalue weighted by molar-refractivity contribution is 5.96. The van der Waals surface area contributed by atoms with Gasteiger partial charge in [0.2, 0.25) is 0 Å². The van der Waals surface area contributed by atoms with Crippen molar-refractivity contribution in [3.8, 4) is 0 Å². The normalized spacial score (nSPS) is 20.2. The lowest BCUT2D eigenvalue weighted by molar-refractivity contribution is 0.271. The second-order valence-electron chi connectivity index (χ2n) is 6.08. The maximum Gasteiger partial charge on any atom is 0.123 e. The van der Waals surface area contributed by atoms with Crippen LogP contribution in [0.1, 0.15) is 50.2 Å². The topological polar surface area (TPSA) is 53.1 Å². The van der Waals surface area contributed by atoms with Gasteiger partial charge in [0.15, 0.2) is 0 Å². The van der Waals surface area contributed by atoms with Crippen LogP contribution in [0, 0.1) is 17.1 Å². The third-order valence-electron chi connectivity index (χ3n) is 4.39. The molecule has 0 amide bonds. The zero-order valence-electron chi connectivity index (χ0n) is 12.9. The summed E-state index contributed by atoms with van der Waals surface area (Å²) in [5.74, 6) is 0.464. The quantitative estimate of drug-likeness (QED) is 0.644. The van der Waals surface area contributed by atoms with Crippen LogP contribution in [0.4, 0.5) is 4.39 Å². The molecule has 116 valence electrons. The van der Waals surface area contributed by atoms with Crippen LogP contribution in [0.5, 0.6) is 0 Å². The van der Waals surface area contributed by atoms with Crippen LogP contribution in [0.2, 0.25) is 0 Å². The molecular formula is C17H26FN3. The van der Waals surface area contributed by atoms with Crippen molar-refractivity contribution < 1.29 is 4.39 Å². The number of benzene rings is 1. The van der Waals surface area contributed by atoms with Gasteiger partial charge in [-0.15, -0.1) is 0 Å². The van der Waals surface area contributed by atoms with Crippen LogP contribution in [0.25, 0.3) is 0 Å². The van der Waals surface area contributed by atoms with Gasteiger partial charge in [-0.25, -0.2) is 4.39 Å². The van der Waals surface area contributed by atoms with Gasteiger partial charge in [0.05, 0.1) is 0 Å². The van der Waals surface area contributed by atoms with E-state index >= 15 is 0 Å². The van der Waals surface area contributed by atoms with Crippen molar-refractivity contribution in [3.05, 3.63) is 35.1 Å². The van der Waals surface area contributed by atoms with Gasteiger partial charge in [0.25, 0.3) is 0 Å². The van der Waals surface area contributed by atoms with Crippen molar-refractivity contribution in [1.29, 1.82) is 5.41 Å². The fraction of sp³-hybridized carbons (Fsp3) is 0.588. The third-order valence-corrected chi connectivity index (χ3v) is 4.39. The lowest BCUT2D eigenvalue weighted by atomic mass is 9.96. The molecular weight excluding hydrogens is 265 g/mol. The standard InChI is InChI=1S/C17H26FN3/c1-2-4-13-5-3-9-21(10-8-13)12-14-6-7-15(18)11-16(14)17(19)20/h6-7,11,13H,2-5,8-10,12H2,1H3,(H3,19,20). The molecule has 1 aromatic carbocycles. The summed E-state index contributed by atoms with van der Waals surface area (Å²) in [6.45, 7) is 5.17. The molecule has 0 bridgehead atoms. The lowest BCUT2D eigenvalue weighted by Crippen LogP contribution is -2.26. The van der Waals surface area contributed by atoms with Crippen molar-refractivity contribution in [2.75, 3.05) is 13.1 Å². The first-order chi connectivity index (χ1) is 10.1. The summed E-state index contributed by atoms with van der Waals surface area (Å²) >= 11 is 0. The van der Waals surface area contributed by atoms with Gasteiger partial charge in [-0.05, 0) is 56.0 Å².